The van der Waals surface area contributed by atoms with Crippen molar-refractivity contribution in [3.05, 3.63) is 30.1 Å². The van der Waals surface area contributed by atoms with Crippen LogP contribution in [0.3, 0.4) is 0 Å². The molecule has 2 aromatic rings. The number of rotatable bonds is 30. The van der Waals surface area contributed by atoms with Gasteiger partial charge in [-0.1, -0.05) is 180 Å². The van der Waals surface area contributed by atoms with Crippen molar-refractivity contribution in [3.63, 3.8) is 0 Å². The largest absolute Gasteiger partial charge is 1.00 e. The van der Waals surface area contributed by atoms with Crippen LogP contribution in [0.15, 0.2) is 24.3 Å². The van der Waals surface area contributed by atoms with Gasteiger partial charge in [0.15, 0.2) is 11.0 Å². The van der Waals surface area contributed by atoms with E-state index in [1.807, 2.05) is 0 Å². The van der Waals surface area contributed by atoms with Crippen molar-refractivity contribution in [1.82, 2.24) is 4.57 Å². The van der Waals surface area contributed by atoms with Crippen molar-refractivity contribution in [3.8, 4) is 0 Å². The summed E-state index contributed by atoms with van der Waals surface area (Å²) in [6.45, 7) is 9.32. The first-order valence-electron chi connectivity index (χ1n) is 19.3. The van der Waals surface area contributed by atoms with Gasteiger partial charge in [-0.25, -0.2) is 9.13 Å². The van der Waals surface area contributed by atoms with Crippen molar-refractivity contribution in [1.29, 1.82) is 0 Å². The molecule has 0 aliphatic carbocycles. The smallest absolute Gasteiger partial charge is 0.254 e. The van der Waals surface area contributed by atoms with E-state index in [9.17, 15) is 0 Å². The molecule has 43 heavy (non-hydrogen) atoms. The number of halogens is 1. The third-order valence-electron chi connectivity index (χ3n) is 9.72. The Labute approximate surface area is 280 Å². The van der Waals surface area contributed by atoms with Crippen LogP contribution in [0, 0.1) is 6.92 Å². The molecule has 0 amide bonds. The number of hydrogen-bond acceptors (Lipinski definition) is 0. The van der Waals surface area contributed by atoms with Gasteiger partial charge in [0.1, 0.15) is 0 Å². The van der Waals surface area contributed by atoms with Crippen LogP contribution in [0.5, 0.6) is 0 Å². The number of fused-ring (bicyclic) bond motifs is 1. The molecule has 0 spiro atoms. The van der Waals surface area contributed by atoms with Crippen molar-refractivity contribution in [2.24, 2.45) is 0 Å². The zero-order valence-electron chi connectivity index (χ0n) is 29.3. The quantitative estimate of drug-likeness (QED) is 0.0582. The lowest BCUT2D eigenvalue weighted by Gasteiger charge is -2.04. The summed E-state index contributed by atoms with van der Waals surface area (Å²) in [6, 6.07) is 9.13. The van der Waals surface area contributed by atoms with Crippen LogP contribution in [-0.4, -0.2) is 4.57 Å². The maximum absolute atomic E-state index is 2.61. The molecule has 2 nitrogen and oxygen atoms in total. The van der Waals surface area contributed by atoms with Crippen molar-refractivity contribution in [2.45, 2.75) is 214 Å². The van der Waals surface area contributed by atoms with Gasteiger partial charge in [0, 0.05) is 6.92 Å². The van der Waals surface area contributed by atoms with Gasteiger partial charge < -0.3 is 17.0 Å². The summed E-state index contributed by atoms with van der Waals surface area (Å²) >= 11 is 0. The minimum Gasteiger partial charge on any atom is -1.00 e. The minimum absolute atomic E-state index is 0. The summed E-state index contributed by atoms with van der Waals surface area (Å²) in [5.74, 6) is 1.46. The number of nitrogens with zero attached hydrogens (tertiary/aromatic N) is 2. The van der Waals surface area contributed by atoms with E-state index in [2.05, 4.69) is 54.2 Å². The Bertz CT molecular complexity index is 804. The molecule has 0 atom stereocenters. The highest BCUT2D eigenvalue weighted by Crippen LogP contribution is 2.18. The lowest BCUT2D eigenvalue weighted by Crippen LogP contribution is -3.00. The Morgan fingerprint density at radius 2 is 0.814 bits per heavy atom. The molecule has 0 bridgehead atoms. The van der Waals surface area contributed by atoms with Crippen LogP contribution in [0.25, 0.3) is 11.0 Å². The number of para-hydroxylation sites is 2. The summed E-state index contributed by atoms with van der Waals surface area (Å²) in [7, 11) is 0. The number of hydrogen-bond donors (Lipinski definition) is 0. The van der Waals surface area contributed by atoms with Gasteiger partial charge >= 0.3 is 0 Å². The SMILES string of the molecule is CCCCCCCCCCCCCCCCn1c(C)[n+](CCCCCCCCCCCCCCCC)c2ccccc21.[Br-]. The normalized spacial score (nSPS) is 11.4. The average molecular weight is 662 g/mol. The molecule has 0 saturated heterocycles. The molecule has 0 unspecified atom stereocenters. The van der Waals surface area contributed by atoms with Crippen molar-refractivity contribution in [2.75, 3.05) is 0 Å². The van der Waals surface area contributed by atoms with E-state index in [0.29, 0.717) is 0 Å². The second-order valence-electron chi connectivity index (χ2n) is 13.5. The second kappa shape index (κ2) is 28.6. The number of imidazole rings is 1. The molecule has 0 aliphatic heterocycles. The van der Waals surface area contributed by atoms with E-state index in [4.69, 9.17) is 0 Å². The number of benzene rings is 1. The third kappa shape index (κ3) is 18.7. The lowest BCUT2D eigenvalue weighted by atomic mass is 10.0. The van der Waals surface area contributed by atoms with Gasteiger partial charge in [0.25, 0.3) is 5.82 Å². The van der Waals surface area contributed by atoms with Gasteiger partial charge in [-0.15, -0.1) is 0 Å². The monoisotopic (exact) mass is 660 g/mol. The van der Waals surface area contributed by atoms with E-state index in [1.165, 1.54) is 210 Å². The first-order chi connectivity index (χ1) is 20.8. The molecule has 0 saturated carbocycles. The first kappa shape index (κ1) is 40.2. The van der Waals surface area contributed by atoms with E-state index >= 15 is 0 Å². The topological polar surface area (TPSA) is 8.81 Å². The highest BCUT2D eigenvalue weighted by Gasteiger charge is 2.20. The van der Waals surface area contributed by atoms with Gasteiger partial charge in [-0.3, -0.25) is 0 Å². The number of aryl methyl sites for hydroxylation is 2. The minimum atomic E-state index is 0. The molecule has 1 aromatic heterocycles. The Morgan fingerprint density at radius 1 is 0.465 bits per heavy atom. The molecule has 2 rings (SSSR count). The Balaban J connectivity index is 0.00000924. The molecule has 0 aliphatic rings. The molecule has 0 N–H and O–H groups in total. The van der Waals surface area contributed by atoms with Crippen LogP contribution in [0.4, 0.5) is 0 Å². The van der Waals surface area contributed by atoms with Gasteiger partial charge in [-0.05, 0) is 37.8 Å². The van der Waals surface area contributed by atoms with Gasteiger partial charge in [0.2, 0.25) is 0 Å². The summed E-state index contributed by atoms with van der Waals surface area (Å²) < 4.78 is 5.22. The Morgan fingerprint density at radius 3 is 1.23 bits per heavy atom. The molecule has 3 heteroatoms. The highest BCUT2D eigenvalue weighted by molar-refractivity contribution is 5.72. The predicted octanol–water partition coefficient (Wildman–Crippen LogP) is 10.2. The van der Waals surface area contributed by atoms with Crippen molar-refractivity contribution < 1.29 is 21.5 Å². The predicted molar refractivity (Wildman–Crippen MR) is 187 cm³/mol. The fourth-order valence-corrected chi connectivity index (χ4v) is 6.91. The van der Waals surface area contributed by atoms with E-state index in [-0.39, 0.29) is 17.0 Å². The zero-order valence-corrected chi connectivity index (χ0v) is 30.9. The number of aromatic nitrogens is 2. The zero-order chi connectivity index (χ0) is 29.9. The highest BCUT2D eigenvalue weighted by atomic mass is 79.9. The van der Waals surface area contributed by atoms with Crippen molar-refractivity contribution >= 4 is 11.0 Å². The van der Waals surface area contributed by atoms with E-state index in [0.717, 1.165) is 0 Å². The summed E-state index contributed by atoms with van der Waals surface area (Å²) in [5.41, 5.74) is 2.88. The average Bonchev–Trinajstić information content (AvgIpc) is 3.27. The summed E-state index contributed by atoms with van der Waals surface area (Å²) in [6.07, 6.45) is 40.0. The molecule has 1 aromatic carbocycles. The standard InChI is InChI=1S/C40H73N2.BrH/c1-4-6-8-10-12-14-16-18-20-22-24-26-28-32-36-41-38(3)42(40-35-31-30-34-39(40)41)37-33-29-27-25-23-21-19-17-15-13-11-9-7-5-2;/h30-31,34-35H,4-29,32-33,36-37H2,1-3H3;1H/q+1;/p-1. The first-order valence-corrected chi connectivity index (χ1v) is 19.3. The fraction of sp³-hybridized carbons (Fsp3) is 0.825. The van der Waals surface area contributed by atoms with Gasteiger partial charge in [-0.2, -0.15) is 0 Å². The molecule has 0 radical (unpaired) electrons. The van der Waals surface area contributed by atoms with Crippen LogP contribution >= 0.6 is 0 Å². The van der Waals surface area contributed by atoms with Crippen LogP contribution in [0.2, 0.25) is 0 Å². The van der Waals surface area contributed by atoms with E-state index < -0.39 is 0 Å². The van der Waals surface area contributed by atoms with Crippen LogP contribution < -0.4 is 21.5 Å². The molecular weight excluding hydrogens is 588 g/mol. The molecule has 0 fully saturated rings. The fourth-order valence-electron chi connectivity index (χ4n) is 6.91. The second-order valence-corrected chi connectivity index (χ2v) is 13.5. The molecule has 250 valence electrons. The summed E-state index contributed by atoms with van der Waals surface area (Å²) in [5, 5.41) is 0. The van der Waals surface area contributed by atoms with Gasteiger partial charge in [0.05, 0.1) is 13.1 Å². The molecule has 1 heterocycles. The Kier molecular flexibility index (Phi) is 26.8. The maximum Gasteiger partial charge on any atom is 0.254 e. The lowest BCUT2D eigenvalue weighted by molar-refractivity contribution is -0.678. The third-order valence-corrected chi connectivity index (χ3v) is 9.72. The van der Waals surface area contributed by atoms with Crippen LogP contribution in [-0.2, 0) is 13.1 Å². The summed E-state index contributed by atoms with van der Waals surface area (Å²) in [4.78, 5) is 0. The molecular formula is C40H73BrN2. The van der Waals surface area contributed by atoms with E-state index in [1.54, 1.807) is 0 Å². The Hall–Kier alpha value is -0.830. The van der Waals surface area contributed by atoms with Crippen LogP contribution in [0.1, 0.15) is 199 Å². The number of unbranched alkanes of at least 4 members (excludes halogenated alkanes) is 26. The maximum atomic E-state index is 2.61.